The van der Waals surface area contributed by atoms with Gasteiger partial charge in [-0.05, 0) is 184 Å². The van der Waals surface area contributed by atoms with Gasteiger partial charge in [-0.1, -0.05) is 71.2 Å². The van der Waals surface area contributed by atoms with Crippen LogP contribution in [-0.2, 0) is 0 Å². The van der Waals surface area contributed by atoms with Crippen molar-refractivity contribution in [2.45, 2.75) is 56.3 Å². The van der Waals surface area contributed by atoms with E-state index in [4.69, 9.17) is 49.0 Å². The van der Waals surface area contributed by atoms with E-state index in [2.05, 4.69) is 68.3 Å². The van der Waals surface area contributed by atoms with Crippen LogP contribution in [0.1, 0.15) is 104 Å². The molecule has 3 amide bonds. The van der Waals surface area contributed by atoms with Gasteiger partial charge in [-0.25, -0.2) is 0 Å². The number of carbonyl (C=O) groups is 3. The molecular weight excluding hydrogens is 971 g/mol. The first-order chi connectivity index (χ1) is 35.0. The standard InChI is InChI=1S/3C19H21ClN2O2/c2*1-24-18-9-6-14(11-17(18)20)19(23)22-16-7-4-13(5-8-16)15-3-2-10-21-12-15;1-24-18-11-14(6-9-17(18)20)19(23)22-16-7-4-13(5-8-16)15-3-2-10-21-12-15/h3*4-9,11,15,21H,2-3,10,12H2,1H3,(H,22,23)/t3*15-/m101/s1. The van der Waals surface area contributed by atoms with Gasteiger partial charge in [-0.3, -0.25) is 14.4 Å². The number of benzene rings is 6. The zero-order valence-electron chi connectivity index (χ0n) is 40.9. The first-order valence-corrected chi connectivity index (χ1v) is 25.5. The van der Waals surface area contributed by atoms with Crippen molar-refractivity contribution in [2.75, 3.05) is 76.5 Å². The highest BCUT2D eigenvalue weighted by Crippen LogP contribution is 2.30. The van der Waals surface area contributed by atoms with Gasteiger partial charge in [0.25, 0.3) is 17.7 Å². The van der Waals surface area contributed by atoms with Gasteiger partial charge in [-0.15, -0.1) is 0 Å². The smallest absolute Gasteiger partial charge is 0.255 e. The predicted octanol–water partition coefficient (Wildman–Crippen LogP) is 12.2. The maximum absolute atomic E-state index is 12.4. The fraction of sp³-hybridized carbons (Fsp3) is 0.316. The molecule has 15 heteroatoms. The Morgan fingerprint density at radius 1 is 0.417 bits per heavy atom. The highest BCUT2D eigenvalue weighted by Gasteiger charge is 2.19. The average molecular weight is 1030 g/mol. The van der Waals surface area contributed by atoms with Crippen LogP contribution in [0.4, 0.5) is 17.1 Å². The summed E-state index contributed by atoms with van der Waals surface area (Å²) in [5.41, 5.74) is 7.79. The molecule has 3 aliphatic heterocycles. The molecular formula is C57H63Cl3N6O6. The van der Waals surface area contributed by atoms with Crippen LogP contribution in [-0.4, -0.2) is 78.3 Å². The number of ether oxygens (including phenoxy) is 3. The summed E-state index contributed by atoms with van der Waals surface area (Å²) >= 11 is 18.1. The van der Waals surface area contributed by atoms with Crippen LogP contribution in [0.25, 0.3) is 0 Å². The monoisotopic (exact) mass is 1030 g/mol. The van der Waals surface area contributed by atoms with Crippen LogP contribution in [0.5, 0.6) is 17.2 Å². The third-order valence-electron chi connectivity index (χ3n) is 13.1. The van der Waals surface area contributed by atoms with Gasteiger partial charge in [0.15, 0.2) is 0 Å². The first kappa shape index (κ1) is 53.7. The number of methoxy groups -OCH3 is 3. The Hall–Kier alpha value is -6.12. The van der Waals surface area contributed by atoms with E-state index in [0.29, 0.717) is 66.8 Å². The lowest BCUT2D eigenvalue weighted by atomic mass is 9.91. The van der Waals surface area contributed by atoms with Crippen LogP contribution in [0.3, 0.4) is 0 Å². The van der Waals surface area contributed by atoms with Gasteiger partial charge < -0.3 is 46.1 Å². The number of hydrogen-bond acceptors (Lipinski definition) is 9. The van der Waals surface area contributed by atoms with E-state index in [0.717, 1.165) is 56.3 Å². The Bertz CT molecular complexity index is 2600. The summed E-state index contributed by atoms with van der Waals surface area (Å²) in [6.45, 7) is 6.39. The zero-order chi connectivity index (χ0) is 50.8. The third-order valence-corrected chi connectivity index (χ3v) is 14.0. The topological polar surface area (TPSA) is 151 Å². The molecule has 3 atom stereocenters. The molecule has 6 aromatic carbocycles. The van der Waals surface area contributed by atoms with Crippen LogP contribution in [0.15, 0.2) is 127 Å². The summed E-state index contributed by atoms with van der Waals surface area (Å²) in [7, 11) is 4.62. The van der Waals surface area contributed by atoms with Gasteiger partial charge in [0.1, 0.15) is 17.2 Å². The number of piperidine rings is 3. The molecule has 3 aliphatic rings. The highest BCUT2D eigenvalue weighted by atomic mass is 35.5. The molecule has 3 fully saturated rings. The van der Waals surface area contributed by atoms with E-state index in [-0.39, 0.29) is 17.7 Å². The lowest BCUT2D eigenvalue weighted by Gasteiger charge is -2.23. The van der Waals surface area contributed by atoms with E-state index >= 15 is 0 Å². The fourth-order valence-electron chi connectivity index (χ4n) is 8.95. The van der Waals surface area contributed by atoms with Gasteiger partial charge >= 0.3 is 0 Å². The molecule has 0 aliphatic carbocycles. The average Bonchev–Trinajstić information content (AvgIpc) is 3.42. The van der Waals surface area contributed by atoms with Gasteiger partial charge in [0.2, 0.25) is 0 Å². The summed E-state index contributed by atoms with van der Waals surface area (Å²) in [5.74, 6) is 2.72. The molecule has 6 N–H and O–H groups in total. The molecule has 0 bridgehead atoms. The Morgan fingerprint density at radius 3 is 1.03 bits per heavy atom. The summed E-state index contributed by atoms with van der Waals surface area (Å²) in [5, 5.41) is 20.3. The van der Waals surface area contributed by atoms with Crippen molar-refractivity contribution in [3.8, 4) is 17.2 Å². The fourth-order valence-corrected chi connectivity index (χ4v) is 9.66. The van der Waals surface area contributed by atoms with Gasteiger partial charge in [0.05, 0.1) is 36.4 Å². The van der Waals surface area contributed by atoms with Crippen LogP contribution >= 0.6 is 34.8 Å². The van der Waals surface area contributed by atoms with E-state index in [1.165, 1.54) is 62.3 Å². The van der Waals surface area contributed by atoms with Crippen LogP contribution in [0.2, 0.25) is 15.1 Å². The van der Waals surface area contributed by atoms with E-state index in [1.807, 2.05) is 36.4 Å². The second-order valence-electron chi connectivity index (χ2n) is 17.9. The summed E-state index contributed by atoms with van der Waals surface area (Å²) in [4.78, 5) is 37.0. The van der Waals surface area contributed by atoms with Crippen molar-refractivity contribution in [1.82, 2.24) is 16.0 Å². The lowest BCUT2D eigenvalue weighted by molar-refractivity contribution is 0.101. The molecule has 0 saturated carbocycles. The summed E-state index contributed by atoms with van der Waals surface area (Å²) in [6.07, 6.45) is 7.26. The van der Waals surface area contributed by atoms with Crippen molar-refractivity contribution in [2.24, 2.45) is 0 Å². The second-order valence-corrected chi connectivity index (χ2v) is 19.1. The Balaban J connectivity index is 0.000000158. The maximum atomic E-state index is 12.4. The molecule has 0 radical (unpaired) electrons. The third kappa shape index (κ3) is 15.2. The second kappa shape index (κ2) is 27.1. The minimum atomic E-state index is -0.188. The molecule has 3 saturated heterocycles. The zero-order valence-corrected chi connectivity index (χ0v) is 43.2. The van der Waals surface area contributed by atoms with Crippen molar-refractivity contribution in [1.29, 1.82) is 0 Å². The summed E-state index contributed by atoms with van der Waals surface area (Å²) in [6, 6.07) is 39.2. The molecule has 3 heterocycles. The van der Waals surface area contributed by atoms with Gasteiger partial charge in [-0.2, -0.15) is 0 Å². The number of anilines is 3. The van der Waals surface area contributed by atoms with E-state index in [1.54, 1.807) is 68.8 Å². The maximum Gasteiger partial charge on any atom is 0.255 e. The molecule has 378 valence electrons. The number of rotatable bonds is 12. The number of hydrogen-bond donors (Lipinski definition) is 6. The molecule has 0 spiro atoms. The van der Waals surface area contributed by atoms with Crippen molar-refractivity contribution >= 4 is 69.6 Å². The van der Waals surface area contributed by atoms with Crippen LogP contribution in [0, 0.1) is 0 Å². The highest BCUT2D eigenvalue weighted by molar-refractivity contribution is 6.33. The molecule has 9 rings (SSSR count). The molecule has 72 heavy (non-hydrogen) atoms. The molecule has 0 aromatic heterocycles. The normalized spacial score (nSPS) is 17.3. The minimum Gasteiger partial charge on any atom is -0.495 e. The molecule has 12 nitrogen and oxygen atoms in total. The first-order valence-electron chi connectivity index (χ1n) is 24.4. The van der Waals surface area contributed by atoms with Crippen LogP contribution < -0.4 is 46.1 Å². The lowest BCUT2D eigenvalue weighted by Crippen LogP contribution is -2.28. The largest absolute Gasteiger partial charge is 0.495 e. The Morgan fingerprint density at radius 2 is 0.736 bits per heavy atom. The number of nitrogens with one attached hydrogen (secondary N) is 6. The molecule has 6 aromatic rings. The number of amides is 3. The number of halogens is 3. The molecule has 0 unspecified atom stereocenters. The minimum absolute atomic E-state index is 0.183. The van der Waals surface area contributed by atoms with E-state index < -0.39 is 0 Å². The summed E-state index contributed by atoms with van der Waals surface area (Å²) < 4.78 is 15.4. The van der Waals surface area contributed by atoms with Crippen molar-refractivity contribution in [3.63, 3.8) is 0 Å². The Kier molecular flexibility index (Phi) is 20.2. The van der Waals surface area contributed by atoms with Crippen molar-refractivity contribution in [3.05, 3.63) is 176 Å². The predicted molar refractivity (Wildman–Crippen MR) is 292 cm³/mol. The number of carbonyl (C=O) groups excluding carboxylic acids is 3. The Labute approximate surface area is 437 Å². The van der Waals surface area contributed by atoms with Gasteiger partial charge in [0, 0.05) is 53.4 Å². The van der Waals surface area contributed by atoms with E-state index in [9.17, 15) is 14.4 Å². The SMILES string of the molecule is COc1cc(C(=O)Nc2ccc([C@@H]3CCCNC3)cc2)ccc1Cl.COc1ccc(C(=O)Nc2ccc([C@@H]3CCCNC3)cc2)cc1Cl.COc1ccc(C(=O)Nc2ccc([C@H]3CCCNC3)cc2)cc1Cl. The quantitative estimate of drug-likeness (QED) is 0.0704. The van der Waals surface area contributed by atoms with Crippen molar-refractivity contribution < 1.29 is 28.6 Å².